The van der Waals surface area contributed by atoms with Gasteiger partial charge < -0.3 is 5.32 Å². The maximum Gasteiger partial charge on any atom is 0.103 e. The number of rotatable bonds is 6. The number of nitrogens with zero attached hydrogens (tertiary/aromatic N) is 1. The summed E-state index contributed by atoms with van der Waals surface area (Å²) in [5.74, 6) is 0.963. The highest BCUT2D eigenvalue weighted by Crippen LogP contribution is 2.31. The zero-order valence-corrected chi connectivity index (χ0v) is 13.3. The fraction of sp³-hybridized carbons (Fsp3) is 0.278. The number of nitrogens with one attached hydrogen (secondary N) is 1. The predicted molar refractivity (Wildman–Crippen MR) is 91.3 cm³/mol. The molecule has 0 aromatic heterocycles. The van der Waals surface area contributed by atoms with E-state index in [4.69, 9.17) is 0 Å². The van der Waals surface area contributed by atoms with Crippen LogP contribution in [0.15, 0.2) is 47.4 Å². The molecule has 0 radical (unpaired) electrons. The first-order valence-corrected chi connectivity index (χ1v) is 8.29. The summed E-state index contributed by atoms with van der Waals surface area (Å²) in [5.41, 5.74) is 4.00. The van der Waals surface area contributed by atoms with Gasteiger partial charge in [-0.3, -0.25) is 0 Å². The minimum Gasteiger partial charge on any atom is -0.354 e. The number of thioether (sulfide) groups is 1. The van der Waals surface area contributed by atoms with E-state index in [2.05, 4.69) is 43.4 Å². The normalized spacial score (nSPS) is 10.1. The Bertz CT molecular complexity index is 644. The van der Waals surface area contributed by atoms with E-state index >= 15 is 0 Å². The minimum atomic E-state index is 0.732. The first-order chi connectivity index (χ1) is 10.3. The summed E-state index contributed by atoms with van der Waals surface area (Å²) >= 11 is 1.70. The molecule has 0 spiro atoms. The fourth-order valence-electron chi connectivity index (χ4n) is 2.30. The van der Waals surface area contributed by atoms with Crippen molar-refractivity contribution in [2.24, 2.45) is 0 Å². The number of hydrogen-bond donors (Lipinski definition) is 1. The van der Waals surface area contributed by atoms with Crippen molar-refractivity contribution in [2.75, 3.05) is 11.1 Å². The molecule has 0 saturated carbocycles. The van der Waals surface area contributed by atoms with Gasteiger partial charge in [0.25, 0.3) is 0 Å². The van der Waals surface area contributed by atoms with E-state index in [0.717, 1.165) is 40.4 Å². The highest BCUT2D eigenvalue weighted by Gasteiger charge is 2.09. The van der Waals surface area contributed by atoms with Crippen LogP contribution in [-0.2, 0) is 6.42 Å². The molecular formula is C18H20N2S. The summed E-state index contributed by atoms with van der Waals surface area (Å²) < 4.78 is 0. The SMILES string of the molecule is CCCc1ccccc1Nc1cccc(SCC)c1C#N. The van der Waals surface area contributed by atoms with Gasteiger partial charge in [0.15, 0.2) is 0 Å². The van der Waals surface area contributed by atoms with E-state index in [1.165, 1.54) is 5.56 Å². The van der Waals surface area contributed by atoms with E-state index in [9.17, 15) is 5.26 Å². The van der Waals surface area contributed by atoms with Crippen molar-refractivity contribution >= 4 is 23.1 Å². The van der Waals surface area contributed by atoms with Gasteiger partial charge in [0.05, 0.1) is 11.3 Å². The lowest BCUT2D eigenvalue weighted by Gasteiger charge is -2.14. The Morgan fingerprint density at radius 1 is 1.05 bits per heavy atom. The molecule has 2 aromatic carbocycles. The second kappa shape index (κ2) is 7.75. The number of nitriles is 1. The fourth-order valence-corrected chi connectivity index (χ4v) is 3.09. The van der Waals surface area contributed by atoms with Gasteiger partial charge >= 0.3 is 0 Å². The quantitative estimate of drug-likeness (QED) is 0.728. The Balaban J connectivity index is 2.36. The van der Waals surface area contributed by atoms with Gasteiger partial charge in [0.1, 0.15) is 6.07 Å². The van der Waals surface area contributed by atoms with Crippen molar-refractivity contribution in [1.82, 2.24) is 0 Å². The van der Waals surface area contributed by atoms with Crippen LogP contribution in [0, 0.1) is 11.3 Å². The molecule has 0 bridgehead atoms. The molecule has 0 heterocycles. The monoisotopic (exact) mass is 296 g/mol. The standard InChI is InChI=1S/C18H20N2S/c1-3-8-14-9-5-6-10-16(14)20-17-11-7-12-18(21-4-2)15(17)13-19/h5-7,9-12,20H,3-4,8H2,1-2H3. The largest absolute Gasteiger partial charge is 0.354 e. The number of para-hydroxylation sites is 1. The van der Waals surface area contributed by atoms with Gasteiger partial charge in [-0.1, -0.05) is 44.5 Å². The Morgan fingerprint density at radius 2 is 1.81 bits per heavy atom. The van der Waals surface area contributed by atoms with Crippen molar-refractivity contribution in [3.05, 3.63) is 53.6 Å². The molecule has 1 N–H and O–H groups in total. The minimum absolute atomic E-state index is 0.732. The van der Waals surface area contributed by atoms with E-state index in [1.807, 2.05) is 24.3 Å². The lowest BCUT2D eigenvalue weighted by molar-refractivity contribution is 0.923. The van der Waals surface area contributed by atoms with Crippen LogP contribution in [0.1, 0.15) is 31.4 Å². The van der Waals surface area contributed by atoms with Crippen molar-refractivity contribution in [2.45, 2.75) is 31.6 Å². The molecule has 0 amide bonds. The Kier molecular flexibility index (Phi) is 5.71. The average Bonchev–Trinajstić information content (AvgIpc) is 2.50. The molecule has 0 unspecified atom stereocenters. The number of anilines is 2. The molecule has 0 aliphatic heterocycles. The van der Waals surface area contributed by atoms with Crippen molar-refractivity contribution in [1.29, 1.82) is 5.26 Å². The van der Waals surface area contributed by atoms with Gasteiger partial charge in [0, 0.05) is 10.6 Å². The number of benzene rings is 2. The smallest absolute Gasteiger partial charge is 0.103 e. The van der Waals surface area contributed by atoms with Crippen LogP contribution in [0.5, 0.6) is 0 Å². The molecule has 21 heavy (non-hydrogen) atoms. The lowest BCUT2D eigenvalue weighted by Crippen LogP contribution is -1.99. The van der Waals surface area contributed by atoms with Crippen molar-refractivity contribution in [3.63, 3.8) is 0 Å². The highest BCUT2D eigenvalue weighted by atomic mass is 32.2. The van der Waals surface area contributed by atoms with Crippen molar-refractivity contribution < 1.29 is 0 Å². The molecule has 0 atom stereocenters. The van der Waals surface area contributed by atoms with E-state index in [1.54, 1.807) is 11.8 Å². The molecule has 0 aliphatic carbocycles. The molecule has 2 nitrogen and oxygen atoms in total. The molecular weight excluding hydrogens is 276 g/mol. The molecule has 0 saturated heterocycles. The Labute approximate surface area is 131 Å². The Hall–Kier alpha value is -1.92. The van der Waals surface area contributed by atoms with Gasteiger partial charge in [-0.05, 0) is 35.9 Å². The second-order valence-corrected chi connectivity index (χ2v) is 6.06. The Morgan fingerprint density at radius 3 is 2.52 bits per heavy atom. The third kappa shape index (κ3) is 3.80. The molecule has 2 rings (SSSR count). The second-order valence-electron chi connectivity index (χ2n) is 4.76. The summed E-state index contributed by atoms with van der Waals surface area (Å²) in [5, 5.41) is 12.9. The topological polar surface area (TPSA) is 35.8 Å². The average molecular weight is 296 g/mol. The highest BCUT2D eigenvalue weighted by molar-refractivity contribution is 7.99. The third-order valence-electron chi connectivity index (χ3n) is 3.24. The maximum atomic E-state index is 9.47. The van der Waals surface area contributed by atoms with Crippen LogP contribution in [0.4, 0.5) is 11.4 Å². The third-order valence-corrected chi connectivity index (χ3v) is 4.18. The number of aryl methyl sites for hydroxylation is 1. The van der Waals surface area contributed by atoms with Gasteiger partial charge in [-0.2, -0.15) is 5.26 Å². The summed E-state index contributed by atoms with van der Waals surface area (Å²) in [6, 6.07) is 16.6. The van der Waals surface area contributed by atoms with Crippen LogP contribution in [0.25, 0.3) is 0 Å². The predicted octanol–water partition coefficient (Wildman–Crippen LogP) is 5.37. The van der Waals surface area contributed by atoms with Gasteiger partial charge in [-0.25, -0.2) is 0 Å². The maximum absolute atomic E-state index is 9.47. The van der Waals surface area contributed by atoms with Crippen LogP contribution in [-0.4, -0.2) is 5.75 Å². The summed E-state index contributed by atoms with van der Waals surface area (Å²) in [6.07, 6.45) is 2.14. The molecule has 2 aromatic rings. The first-order valence-electron chi connectivity index (χ1n) is 7.31. The molecule has 3 heteroatoms. The molecule has 108 valence electrons. The molecule has 0 aliphatic rings. The van der Waals surface area contributed by atoms with Crippen LogP contribution in [0.3, 0.4) is 0 Å². The summed E-state index contributed by atoms with van der Waals surface area (Å²) in [4.78, 5) is 1.04. The van der Waals surface area contributed by atoms with Crippen LogP contribution < -0.4 is 5.32 Å². The van der Waals surface area contributed by atoms with Crippen LogP contribution >= 0.6 is 11.8 Å². The van der Waals surface area contributed by atoms with Gasteiger partial charge in [-0.15, -0.1) is 11.8 Å². The van der Waals surface area contributed by atoms with Crippen LogP contribution in [0.2, 0.25) is 0 Å². The number of hydrogen-bond acceptors (Lipinski definition) is 3. The van der Waals surface area contributed by atoms with E-state index < -0.39 is 0 Å². The zero-order chi connectivity index (χ0) is 15.1. The van der Waals surface area contributed by atoms with Crippen molar-refractivity contribution in [3.8, 4) is 6.07 Å². The summed E-state index contributed by atoms with van der Waals surface area (Å²) in [7, 11) is 0. The lowest BCUT2D eigenvalue weighted by atomic mass is 10.1. The first kappa shape index (κ1) is 15.5. The van der Waals surface area contributed by atoms with Gasteiger partial charge in [0.2, 0.25) is 0 Å². The van der Waals surface area contributed by atoms with E-state index in [0.29, 0.717) is 0 Å². The zero-order valence-electron chi connectivity index (χ0n) is 12.5. The molecule has 0 fully saturated rings. The summed E-state index contributed by atoms with van der Waals surface area (Å²) in [6.45, 7) is 4.28. The van der Waals surface area contributed by atoms with E-state index in [-0.39, 0.29) is 0 Å².